The summed E-state index contributed by atoms with van der Waals surface area (Å²) in [5.41, 5.74) is -5.17. The highest BCUT2D eigenvalue weighted by atomic mass is 79.9. The molecule has 3 saturated heterocycles. The molecule has 5 aliphatic rings. The Hall–Kier alpha value is -2.36. The molecule has 8 nitrogen and oxygen atoms in total. The molecular weight excluding hydrogens is 514 g/mol. The van der Waals surface area contributed by atoms with Crippen molar-refractivity contribution in [3.8, 4) is 5.75 Å². The molecule has 3 fully saturated rings. The van der Waals surface area contributed by atoms with Crippen molar-refractivity contribution in [3.05, 3.63) is 40.4 Å². The Balaban J connectivity index is 1.64. The molecule has 5 heterocycles. The number of hydrogen-bond acceptors (Lipinski definition) is 6. The number of halogens is 1. The molecule has 3 N–H and O–H groups in total. The second-order valence-electron chi connectivity index (χ2n) is 11.5. The standard InChI is InChI=1S/C26H30BrN3O5/c1-6-22(2,3)26-24(33,13-25(34)21(32)29-11-7-8-17(29)20(31)30(25)26)15-12-16(27)19-14(18(15)28-26)9-10-23(4,5)35-19/h6,9-10,12,17,28,33-34H,1,7-8,11,13H2,2-5H3/t17-,24+,25-,26-/m0/s1. The first kappa shape index (κ1) is 23.1. The SMILES string of the molecule is C=CC(C)(C)[C@@]12Nc3c(cc(Br)c4c3C=CC(C)(C)O4)[C@]1(O)C[C@]1(O)C(=O)N3CCC[C@H]3C(=O)N21. The molecule has 4 atom stereocenters. The summed E-state index contributed by atoms with van der Waals surface area (Å²) >= 11 is 3.61. The number of benzene rings is 1. The molecule has 0 saturated carbocycles. The van der Waals surface area contributed by atoms with Crippen molar-refractivity contribution in [1.82, 2.24) is 9.80 Å². The highest BCUT2D eigenvalue weighted by molar-refractivity contribution is 9.10. The van der Waals surface area contributed by atoms with Crippen LogP contribution in [0.25, 0.3) is 6.08 Å². The molecule has 1 aromatic carbocycles. The molecule has 9 heteroatoms. The van der Waals surface area contributed by atoms with Crippen LogP contribution in [-0.2, 0) is 15.2 Å². The molecule has 1 aromatic rings. The molecule has 6 rings (SSSR count). The van der Waals surface area contributed by atoms with Crippen LogP contribution >= 0.6 is 15.9 Å². The van der Waals surface area contributed by atoms with E-state index in [0.29, 0.717) is 40.9 Å². The van der Waals surface area contributed by atoms with Crippen LogP contribution in [0.2, 0.25) is 0 Å². The quantitative estimate of drug-likeness (QED) is 0.495. The van der Waals surface area contributed by atoms with Crippen molar-refractivity contribution in [2.75, 3.05) is 11.9 Å². The van der Waals surface area contributed by atoms with Crippen LogP contribution in [0.5, 0.6) is 5.75 Å². The van der Waals surface area contributed by atoms with E-state index in [2.05, 4.69) is 27.8 Å². The van der Waals surface area contributed by atoms with Crippen LogP contribution in [0.4, 0.5) is 5.69 Å². The minimum atomic E-state index is -2.19. The summed E-state index contributed by atoms with van der Waals surface area (Å²) in [6.07, 6.45) is 6.42. The molecule has 0 bridgehead atoms. The lowest BCUT2D eigenvalue weighted by molar-refractivity contribution is -0.204. The number of nitrogens with zero attached hydrogens (tertiary/aromatic N) is 2. The van der Waals surface area contributed by atoms with Crippen molar-refractivity contribution in [3.63, 3.8) is 0 Å². The lowest BCUT2D eigenvalue weighted by Gasteiger charge is -2.55. The molecule has 2 amide bonds. The number of ether oxygens (including phenoxy) is 1. The van der Waals surface area contributed by atoms with E-state index in [-0.39, 0.29) is 12.3 Å². The van der Waals surface area contributed by atoms with Crippen molar-refractivity contribution in [1.29, 1.82) is 0 Å². The van der Waals surface area contributed by atoms with Crippen LogP contribution in [0, 0.1) is 5.41 Å². The van der Waals surface area contributed by atoms with E-state index in [1.165, 1.54) is 9.80 Å². The van der Waals surface area contributed by atoms with Crippen molar-refractivity contribution >= 4 is 39.5 Å². The third-order valence-electron chi connectivity index (χ3n) is 8.65. The van der Waals surface area contributed by atoms with Gasteiger partial charge in [0, 0.05) is 29.5 Å². The predicted octanol–water partition coefficient (Wildman–Crippen LogP) is 3.08. The Morgan fingerprint density at radius 2 is 2.03 bits per heavy atom. The van der Waals surface area contributed by atoms with Crippen LogP contribution < -0.4 is 10.1 Å². The number of fused-ring (bicyclic) bond motifs is 8. The lowest BCUT2D eigenvalue weighted by atomic mass is 9.68. The number of carbonyl (C=O) groups is 2. The molecular formula is C26H30BrN3O5. The Morgan fingerprint density at radius 1 is 1.31 bits per heavy atom. The smallest absolute Gasteiger partial charge is 0.276 e. The van der Waals surface area contributed by atoms with E-state index < -0.39 is 40.0 Å². The van der Waals surface area contributed by atoms with E-state index in [1.807, 2.05) is 39.8 Å². The summed E-state index contributed by atoms with van der Waals surface area (Å²) < 4.78 is 6.87. The first-order chi connectivity index (χ1) is 16.2. The van der Waals surface area contributed by atoms with Gasteiger partial charge < -0.3 is 25.2 Å². The normalized spacial score (nSPS) is 36.1. The van der Waals surface area contributed by atoms with E-state index in [0.717, 1.165) is 5.56 Å². The number of piperazine rings is 1. The topological polar surface area (TPSA) is 102 Å². The van der Waals surface area contributed by atoms with Crippen LogP contribution in [0.3, 0.4) is 0 Å². The number of nitrogens with one attached hydrogen (secondary N) is 1. The second-order valence-corrected chi connectivity index (χ2v) is 12.4. The zero-order valence-electron chi connectivity index (χ0n) is 20.3. The third kappa shape index (κ3) is 2.44. The molecule has 35 heavy (non-hydrogen) atoms. The van der Waals surface area contributed by atoms with Gasteiger partial charge in [-0.25, -0.2) is 0 Å². The maximum absolute atomic E-state index is 14.0. The third-order valence-corrected chi connectivity index (χ3v) is 9.24. The van der Waals surface area contributed by atoms with Gasteiger partial charge in [0.05, 0.1) is 10.2 Å². The number of aliphatic hydroxyl groups is 2. The zero-order chi connectivity index (χ0) is 25.3. The summed E-state index contributed by atoms with van der Waals surface area (Å²) in [4.78, 5) is 30.4. The minimum Gasteiger partial charge on any atom is -0.482 e. The van der Waals surface area contributed by atoms with Gasteiger partial charge in [0.15, 0.2) is 5.66 Å². The van der Waals surface area contributed by atoms with E-state index in [4.69, 9.17) is 4.74 Å². The molecule has 0 aliphatic carbocycles. The number of hydrogen-bond donors (Lipinski definition) is 3. The second kappa shape index (κ2) is 6.49. The fraction of sp³-hybridized carbons (Fsp3) is 0.538. The maximum atomic E-state index is 14.0. The number of rotatable bonds is 2. The fourth-order valence-electron chi connectivity index (χ4n) is 6.91. The summed E-state index contributed by atoms with van der Waals surface area (Å²) in [6.45, 7) is 12.0. The van der Waals surface area contributed by atoms with Gasteiger partial charge in [0.25, 0.3) is 5.91 Å². The first-order valence-corrected chi connectivity index (χ1v) is 12.8. The van der Waals surface area contributed by atoms with Gasteiger partial charge >= 0.3 is 0 Å². The number of amides is 2. The number of anilines is 1. The Bertz CT molecular complexity index is 1260. The van der Waals surface area contributed by atoms with Crippen LogP contribution in [0.1, 0.15) is 58.1 Å². The van der Waals surface area contributed by atoms with Crippen molar-refractivity contribution < 1.29 is 24.5 Å². The largest absolute Gasteiger partial charge is 0.482 e. The summed E-state index contributed by atoms with van der Waals surface area (Å²) in [6, 6.07) is 1.12. The summed E-state index contributed by atoms with van der Waals surface area (Å²) in [5.74, 6) is -0.277. The van der Waals surface area contributed by atoms with Gasteiger partial charge in [-0.15, -0.1) is 6.58 Å². The van der Waals surface area contributed by atoms with Crippen molar-refractivity contribution in [2.45, 2.75) is 75.6 Å². The van der Waals surface area contributed by atoms with Gasteiger partial charge in [0.2, 0.25) is 11.6 Å². The molecule has 0 unspecified atom stereocenters. The molecule has 0 radical (unpaired) electrons. The molecule has 186 valence electrons. The molecule has 0 spiro atoms. The average molecular weight is 544 g/mol. The minimum absolute atomic E-state index is 0.355. The maximum Gasteiger partial charge on any atom is 0.276 e. The van der Waals surface area contributed by atoms with Crippen LogP contribution in [0.15, 0.2) is 29.3 Å². The number of carbonyl (C=O) groups excluding carboxylic acids is 2. The summed E-state index contributed by atoms with van der Waals surface area (Å²) in [5, 5.41) is 28.0. The lowest BCUT2D eigenvalue weighted by Crippen LogP contribution is -2.76. The Labute approximate surface area is 212 Å². The van der Waals surface area contributed by atoms with Crippen LogP contribution in [-0.4, -0.2) is 61.4 Å². The highest BCUT2D eigenvalue weighted by Crippen LogP contribution is 2.67. The summed E-state index contributed by atoms with van der Waals surface area (Å²) in [7, 11) is 0. The Morgan fingerprint density at radius 3 is 2.71 bits per heavy atom. The van der Waals surface area contributed by atoms with Gasteiger partial charge in [-0.05, 0) is 60.8 Å². The van der Waals surface area contributed by atoms with E-state index in [1.54, 1.807) is 12.1 Å². The van der Waals surface area contributed by atoms with E-state index >= 15 is 0 Å². The van der Waals surface area contributed by atoms with Gasteiger partial charge in [-0.1, -0.05) is 19.9 Å². The predicted molar refractivity (Wildman–Crippen MR) is 133 cm³/mol. The van der Waals surface area contributed by atoms with Gasteiger partial charge in [-0.2, -0.15) is 0 Å². The zero-order valence-corrected chi connectivity index (χ0v) is 21.9. The molecule has 0 aromatic heterocycles. The highest BCUT2D eigenvalue weighted by Gasteiger charge is 2.81. The van der Waals surface area contributed by atoms with Crippen molar-refractivity contribution in [2.24, 2.45) is 5.41 Å². The average Bonchev–Trinajstić information content (AvgIpc) is 3.41. The van der Waals surface area contributed by atoms with Gasteiger partial charge in [0.1, 0.15) is 23.0 Å². The fourth-order valence-corrected chi connectivity index (χ4v) is 7.43. The Kier molecular flexibility index (Phi) is 4.28. The van der Waals surface area contributed by atoms with E-state index in [9.17, 15) is 19.8 Å². The van der Waals surface area contributed by atoms with Gasteiger partial charge in [-0.3, -0.25) is 14.5 Å². The first-order valence-electron chi connectivity index (χ1n) is 12.0. The monoisotopic (exact) mass is 543 g/mol. The molecule has 5 aliphatic heterocycles.